The molecule has 0 aliphatic rings. The van der Waals surface area contributed by atoms with Gasteiger partial charge in [-0.2, -0.15) is 0 Å². The summed E-state index contributed by atoms with van der Waals surface area (Å²) in [5.41, 5.74) is 1.17. The van der Waals surface area contributed by atoms with E-state index in [1.165, 1.54) is 5.69 Å². The fourth-order valence-electron chi connectivity index (χ4n) is 1.68. The Morgan fingerprint density at radius 1 is 1.53 bits per heavy atom. The molecule has 1 aromatic heterocycles. The molecule has 0 saturated carbocycles. The van der Waals surface area contributed by atoms with Crippen LogP contribution in [0.2, 0.25) is 0 Å². The Labute approximate surface area is 96.5 Å². The Bertz CT molecular complexity index is 354. The van der Waals surface area contributed by atoms with Crippen molar-refractivity contribution in [3.63, 3.8) is 0 Å². The van der Waals surface area contributed by atoms with Gasteiger partial charge in [-0.25, -0.2) is 0 Å². The zero-order valence-electron chi connectivity index (χ0n) is 9.91. The van der Waals surface area contributed by atoms with E-state index >= 15 is 0 Å². The van der Waals surface area contributed by atoms with E-state index in [0.717, 1.165) is 18.0 Å². The van der Waals surface area contributed by atoms with E-state index in [1.807, 2.05) is 13.1 Å². The van der Waals surface area contributed by atoms with Gasteiger partial charge in [-0.05, 0) is 32.0 Å². The summed E-state index contributed by atoms with van der Waals surface area (Å²) >= 11 is 5.27. The number of imidazole rings is 1. The molecule has 3 nitrogen and oxygen atoms in total. The Morgan fingerprint density at radius 3 is 2.60 bits per heavy atom. The maximum absolute atomic E-state index is 5.51. The topological polar surface area (TPSA) is 29.9 Å². The summed E-state index contributed by atoms with van der Waals surface area (Å²) in [4.78, 5) is 3.07. The van der Waals surface area contributed by atoms with Crippen molar-refractivity contribution >= 4 is 12.2 Å². The first-order valence-corrected chi connectivity index (χ1v) is 5.83. The van der Waals surface area contributed by atoms with Crippen molar-refractivity contribution in [3.05, 3.63) is 16.7 Å². The van der Waals surface area contributed by atoms with Crippen LogP contribution in [0.15, 0.2) is 6.20 Å². The molecule has 0 bridgehead atoms. The zero-order valence-corrected chi connectivity index (χ0v) is 10.7. The largest absolute Gasteiger partial charge is 0.380 e. The molecular formula is C11H20N2OS. The first kappa shape index (κ1) is 12.5. The lowest BCUT2D eigenvalue weighted by molar-refractivity contribution is 0.0951. The molecule has 1 N–H and O–H groups in total. The van der Waals surface area contributed by atoms with Crippen LogP contribution in [-0.4, -0.2) is 22.8 Å². The van der Waals surface area contributed by atoms with Crippen LogP contribution in [-0.2, 0) is 4.74 Å². The van der Waals surface area contributed by atoms with Crippen LogP contribution in [0.3, 0.4) is 0 Å². The molecule has 1 aromatic rings. The highest BCUT2D eigenvalue weighted by Gasteiger charge is 2.17. The summed E-state index contributed by atoms with van der Waals surface area (Å²) in [6.07, 6.45) is 1.95. The van der Waals surface area contributed by atoms with Crippen LogP contribution in [0.4, 0.5) is 0 Å². The molecule has 86 valence electrons. The molecular weight excluding hydrogens is 208 g/mol. The highest BCUT2D eigenvalue weighted by atomic mass is 32.1. The molecule has 1 unspecified atom stereocenters. The molecule has 0 spiro atoms. The minimum atomic E-state index is 0.323. The van der Waals surface area contributed by atoms with Crippen molar-refractivity contribution in [2.24, 2.45) is 5.92 Å². The van der Waals surface area contributed by atoms with E-state index in [9.17, 15) is 0 Å². The minimum absolute atomic E-state index is 0.323. The van der Waals surface area contributed by atoms with E-state index in [1.54, 1.807) is 0 Å². The fraction of sp³-hybridized carbons (Fsp3) is 0.727. The van der Waals surface area contributed by atoms with Crippen LogP contribution in [0.25, 0.3) is 0 Å². The number of aromatic amines is 1. The number of aromatic nitrogens is 2. The zero-order chi connectivity index (χ0) is 11.4. The molecule has 0 aromatic carbocycles. The third-order valence-corrected chi connectivity index (χ3v) is 2.91. The molecule has 0 aliphatic heterocycles. The molecule has 0 saturated heterocycles. The van der Waals surface area contributed by atoms with Gasteiger partial charge >= 0.3 is 0 Å². The van der Waals surface area contributed by atoms with Crippen LogP contribution in [0, 0.1) is 17.6 Å². The maximum Gasteiger partial charge on any atom is 0.177 e. The van der Waals surface area contributed by atoms with Gasteiger partial charge in [0.25, 0.3) is 0 Å². The van der Waals surface area contributed by atoms with Crippen molar-refractivity contribution in [2.45, 2.75) is 33.7 Å². The summed E-state index contributed by atoms with van der Waals surface area (Å²) in [6, 6.07) is 0.323. The molecule has 1 atom stereocenters. The second-order valence-electron chi connectivity index (χ2n) is 4.08. The second kappa shape index (κ2) is 5.47. The van der Waals surface area contributed by atoms with E-state index < -0.39 is 0 Å². The molecule has 15 heavy (non-hydrogen) atoms. The first-order valence-electron chi connectivity index (χ1n) is 5.42. The quantitative estimate of drug-likeness (QED) is 0.785. The lowest BCUT2D eigenvalue weighted by Crippen LogP contribution is -2.22. The van der Waals surface area contributed by atoms with Crippen LogP contribution in [0.5, 0.6) is 0 Å². The average molecular weight is 228 g/mol. The van der Waals surface area contributed by atoms with Crippen molar-refractivity contribution in [1.29, 1.82) is 0 Å². The summed E-state index contributed by atoms with van der Waals surface area (Å²) in [5.74, 6) is 0.512. The van der Waals surface area contributed by atoms with E-state index in [4.69, 9.17) is 17.0 Å². The predicted molar refractivity (Wildman–Crippen MR) is 64.7 cm³/mol. The van der Waals surface area contributed by atoms with Crippen molar-refractivity contribution in [3.8, 4) is 0 Å². The highest BCUT2D eigenvalue weighted by molar-refractivity contribution is 7.71. The number of rotatable bonds is 5. The summed E-state index contributed by atoms with van der Waals surface area (Å²) in [7, 11) is 0. The first-order chi connectivity index (χ1) is 7.07. The molecule has 0 radical (unpaired) electrons. The second-order valence-corrected chi connectivity index (χ2v) is 4.46. The van der Waals surface area contributed by atoms with Gasteiger partial charge in [-0.1, -0.05) is 13.8 Å². The number of hydrogen-bond acceptors (Lipinski definition) is 2. The lowest BCUT2D eigenvalue weighted by Gasteiger charge is -2.23. The number of aryl methyl sites for hydroxylation is 1. The third-order valence-electron chi connectivity index (χ3n) is 2.60. The predicted octanol–water partition coefficient (Wildman–Crippen LogP) is 3.09. The lowest BCUT2D eigenvalue weighted by atomic mass is 10.1. The summed E-state index contributed by atoms with van der Waals surface area (Å²) in [5, 5.41) is 0. The Balaban J connectivity index is 2.93. The van der Waals surface area contributed by atoms with Crippen molar-refractivity contribution in [2.75, 3.05) is 13.2 Å². The maximum atomic E-state index is 5.51. The standard InChI is InChI=1S/C11H20N2OS/c1-5-14-7-10(8(2)3)13-9(4)6-12-11(13)15/h6,8,10H,5,7H2,1-4H3,(H,12,15). The fourth-order valence-corrected chi connectivity index (χ4v) is 2.02. The summed E-state index contributed by atoms with van der Waals surface area (Å²) in [6.45, 7) is 9.94. The third kappa shape index (κ3) is 2.92. The van der Waals surface area contributed by atoms with Gasteiger partial charge in [0.1, 0.15) is 0 Å². The average Bonchev–Trinajstić information content (AvgIpc) is 2.49. The van der Waals surface area contributed by atoms with Gasteiger partial charge in [0.2, 0.25) is 0 Å². The van der Waals surface area contributed by atoms with Crippen LogP contribution < -0.4 is 0 Å². The molecule has 1 heterocycles. The van der Waals surface area contributed by atoms with Gasteiger partial charge in [-0.15, -0.1) is 0 Å². The monoisotopic (exact) mass is 228 g/mol. The molecule has 1 rings (SSSR count). The number of H-pyrrole nitrogens is 1. The number of nitrogens with zero attached hydrogens (tertiary/aromatic N) is 1. The molecule has 0 amide bonds. The van der Waals surface area contributed by atoms with E-state index in [-0.39, 0.29) is 0 Å². The molecule has 0 aliphatic carbocycles. The normalized spacial score (nSPS) is 13.4. The Hall–Kier alpha value is -0.610. The molecule has 0 fully saturated rings. The van der Waals surface area contributed by atoms with Crippen LogP contribution in [0.1, 0.15) is 32.5 Å². The Kier molecular flexibility index (Phi) is 4.54. The minimum Gasteiger partial charge on any atom is -0.380 e. The van der Waals surface area contributed by atoms with Crippen molar-refractivity contribution in [1.82, 2.24) is 9.55 Å². The smallest absolute Gasteiger partial charge is 0.177 e. The van der Waals surface area contributed by atoms with Gasteiger partial charge in [0, 0.05) is 18.5 Å². The van der Waals surface area contributed by atoms with E-state index in [2.05, 4.69) is 30.3 Å². The van der Waals surface area contributed by atoms with E-state index in [0.29, 0.717) is 12.0 Å². The van der Waals surface area contributed by atoms with Crippen molar-refractivity contribution < 1.29 is 4.74 Å². The van der Waals surface area contributed by atoms with Gasteiger partial charge < -0.3 is 14.3 Å². The molecule has 4 heteroatoms. The Morgan fingerprint density at radius 2 is 2.20 bits per heavy atom. The SMILES string of the molecule is CCOCC(C(C)C)n1c(C)c[nH]c1=S. The van der Waals surface area contributed by atoms with Gasteiger partial charge in [-0.3, -0.25) is 0 Å². The number of hydrogen-bond donors (Lipinski definition) is 1. The summed E-state index contributed by atoms with van der Waals surface area (Å²) < 4.78 is 8.44. The van der Waals surface area contributed by atoms with Gasteiger partial charge in [0.15, 0.2) is 4.77 Å². The number of nitrogens with one attached hydrogen (secondary N) is 1. The van der Waals surface area contributed by atoms with Gasteiger partial charge in [0.05, 0.1) is 12.6 Å². The number of ether oxygens (including phenoxy) is 1. The van der Waals surface area contributed by atoms with Crippen LogP contribution >= 0.6 is 12.2 Å². The highest BCUT2D eigenvalue weighted by Crippen LogP contribution is 2.20.